The molecule has 0 unspecified atom stereocenters. The van der Waals surface area contributed by atoms with Gasteiger partial charge < -0.3 is 20.3 Å². The van der Waals surface area contributed by atoms with Gasteiger partial charge in [0.1, 0.15) is 11.5 Å². The van der Waals surface area contributed by atoms with Gasteiger partial charge in [-0.3, -0.25) is 4.98 Å². The number of piperidine rings is 1. The molecule has 2 aliphatic rings. The van der Waals surface area contributed by atoms with Crippen LogP contribution in [0.5, 0.6) is 11.5 Å². The minimum Gasteiger partial charge on any atom is -0.457 e. The van der Waals surface area contributed by atoms with Gasteiger partial charge in [0, 0.05) is 44.6 Å². The Morgan fingerprint density at radius 2 is 1.64 bits per heavy atom. The van der Waals surface area contributed by atoms with Gasteiger partial charge in [0.05, 0.1) is 11.6 Å². The number of para-hydroxylation sites is 2. The molecule has 6 heteroatoms. The fraction of sp³-hybridized carbons (Fsp3) is 0.300. The number of halogens is 1. The van der Waals surface area contributed by atoms with Crippen molar-refractivity contribution in [1.82, 2.24) is 15.2 Å². The molecule has 184 valence electrons. The Hall–Kier alpha value is -2.68. The number of nitrogens with one attached hydrogen (secondary N) is 2. The summed E-state index contributed by atoms with van der Waals surface area (Å²) in [7, 11) is 0. The number of likely N-dealkylation sites (tertiary alicyclic amines) is 1. The van der Waals surface area contributed by atoms with Gasteiger partial charge in [0.2, 0.25) is 0 Å². The highest BCUT2D eigenvalue weighted by Gasteiger charge is 2.29. The number of ether oxygens (including phenoxy) is 1. The predicted octanol–water partition coefficient (Wildman–Crippen LogP) is 6.59. The molecule has 0 saturated carbocycles. The van der Waals surface area contributed by atoms with Crippen molar-refractivity contribution in [3.63, 3.8) is 0 Å². The lowest BCUT2D eigenvalue weighted by Crippen LogP contribution is -2.44. The summed E-state index contributed by atoms with van der Waals surface area (Å²) in [6.45, 7) is 4.38. The van der Waals surface area contributed by atoms with Crippen LogP contribution < -0.4 is 15.4 Å². The van der Waals surface area contributed by atoms with E-state index in [1.54, 1.807) is 0 Å². The predicted molar refractivity (Wildman–Crippen MR) is 155 cm³/mol. The summed E-state index contributed by atoms with van der Waals surface area (Å²) in [5.74, 6) is 1.94. The summed E-state index contributed by atoms with van der Waals surface area (Å²) in [5, 5.41) is 8.81. The first-order valence-electron chi connectivity index (χ1n) is 12.9. The molecule has 0 aliphatic carbocycles. The van der Waals surface area contributed by atoms with Crippen LogP contribution in [0.25, 0.3) is 10.9 Å². The Balaban J connectivity index is 1.01. The zero-order valence-corrected chi connectivity index (χ0v) is 22.4. The number of rotatable bonds is 7. The van der Waals surface area contributed by atoms with Crippen LogP contribution in [0.2, 0.25) is 0 Å². The van der Waals surface area contributed by atoms with Gasteiger partial charge in [0.25, 0.3) is 0 Å². The standard InChI is InChI=1S/C30H31IN4O/c31-21-10-11-23-26(12-16-33-27(23)20-21)32-15-5-17-35-18-13-22(14-19-35)34-30-24-6-1-3-8-28(24)36-29-9-4-2-7-25(29)30/h1-4,6-12,16,20,22,30,34H,5,13-15,17-19H2,(H,32,33). The van der Waals surface area contributed by atoms with Crippen molar-refractivity contribution < 1.29 is 4.74 Å². The van der Waals surface area contributed by atoms with Crippen LogP contribution in [0, 0.1) is 3.57 Å². The van der Waals surface area contributed by atoms with E-state index in [2.05, 4.69) is 116 Å². The molecule has 5 nitrogen and oxygen atoms in total. The normalized spacial score (nSPS) is 16.4. The van der Waals surface area contributed by atoms with Crippen molar-refractivity contribution in [2.75, 3.05) is 31.5 Å². The summed E-state index contributed by atoms with van der Waals surface area (Å²) >= 11 is 2.34. The van der Waals surface area contributed by atoms with Crippen molar-refractivity contribution >= 4 is 39.2 Å². The van der Waals surface area contributed by atoms with E-state index in [4.69, 9.17) is 4.74 Å². The Labute approximate surface area is 226 Å². The molecule has 1 saturated heterocycles. The van der Waals surface area contributed by atoms with Crippen molar-refractivity contribution in [3.8, 4) is 11.5 Å². The number of benzene rings is 3. The molecule has 3 aromatic carbocycles. The maximum absolute atomic E-state index is 6.17. The zero-order valence-electron chi connectivity index (χ0n) is 20.3. The molecule has 3 heterocycles. The van der Waals surface area contributed by atoms with Crippen LogP contribution in [-0.4, -0.2) is 42.1 Å². The first-order valence-corrected chi connectivity index (χ1v) is 13.9. The number of aromatic nitrogens is 1. The number of anilines is 1. The van der Waals surface area contributed by atoms with E-state index >= 15 is 0 Å². The average Bonchev–Trinajstić information content (AvgIpc) is 2.91. The molecule has 0 atom stereocenters. The molecule has 0 radical (unpaired) electrons. The maximum Gasteiger partial charge on any atom is 0.132 e. The molecule has 4 aromatic rings. The summed E-state index contributed by atoms with van der Waals surface area (Å²) in [4.78, 5) is 7.12. The third-order valence-corrected chi connectivity index (χ3v) is 8.01. The van der Waals surface area contributed by atoms with Gasteiger partial charge in [0.15, 0.2) is 0 Å². The first kappa shape index (κ1) is 23.7. The van der Waals surface area contributed by atoms with E-state index in [0.717, 1.165) is 49.6 Å². The molecular weight excluding hydrogens is 559 g/mol. The monoisotopic (exact) mass is 590 g/mol. The van der Waals surface area contributed by atoms with Crippen molar-refractivity contribution in [2.45, 2.75) is 31.3 Å². The SMILES string of the molecule is Ic1ccc2c(NCCCN3CCC(NC4c5ccccc5Oc5ccccc54)CC3)ccnc2c1. The van der Waals surface area contributed by atoms with E-state index in [0.29, 0.717) is 6.04 Å². The second-order valence-electron chi connectivity index (χ2n) is 9.69. The van der Waals surface area contributed by atoms with Gasteiger partial charge in [-0.15, -0.1) is 0 Å². The molecule has 2 N–H and O–H groups in total. The first-order chi connectivity index (χ1) is 17.7. The average molecular weight is 591 g/mol. The zero-order chi connectivity index (χ0) is 24.3. The van der Waals surface area contributed by atoms with Crippen LogP contribution in [0.15, 0.2) is 79.0 Å². The van der Waals surface area contributed by atoms with Gasteiger partial charge in [-0.05, 0) is 97.9 Å². The molecular formula is C30H31IN4O. The highest BCUT2D eigenvalue weighted by molar-refractivity contribution is 14.1. The van der Waals surface area contributed by atoms with E-state index < -0.39 is 0 Å². The van der Waals surface area contributed by atoms with E-state index in [1.165, 1.54) is 38.6 Å². The highest BCUT2D eigenvalue weighted by Crippen LogP contribution is 2.43. The van der Waals surface area contributed by atoms with Crippen LogP contribution in [0.1, 0.15) is 36.4 Å². The van der Waals surface area contributed by atoms with Gasteiger partial charge in [-0.25, -0.2) is 0 Å². The van der Waals surface area contributed by atoms with Crippen LogP contribution >= 0.6 is 22.6 Å². The Morgan fingerprint density at radius 3 is 2.39 bits per heavy atom. The summed E-state index contributed by atoms with van der Waals surface area (Å²) in [6, 6.07) is 26.1. The van der Waals surface area contributed by atoms with Crippen LogP contribution in [0.4, 0.5) is 5.69 Å². The lowest BCUT2D eigenvalue weighted by atomic mass is 9.92. The quantitative estimate of drug-likeness (QED) is 0.188. The topological polar surface area (TPSA) is 49.4 Å². The van der Waals surface area contributed by atoms with Crippen LogP contribution in [0.3, 0.4) is 0 Å². The van der Waals surface area contributed by atoms with Crippen molar-refractivity contribution in [2.24, 2.45) is 0 Å². The number of hydrogen-bond donors (Lipinski definition) is 2. The van der Waals surface area contributed by atoms with E-state index in [1.807, 2.05) is 6.20 Å². The smallest absolute Gasteiger partial charge is 0.132 e. The lowest BCUT2D eigenvalue weighted by molar-refractivity contribution is 0.192. The van der Waals surface area contributed by atoms with Crippen molar-refractivity contribution in [3.05, 3.63) is 93.7 Å². The minimum absolute atomic E-state index is 0.186. The van der Waals surface area contributed by atoms with Gasteiger partial charge in [-0.1, -0.05) is 36.4 Å². The number of pyridine rings is 1. The fourth-order valence-electron chi connectivity index (χ4n) is 5.45. The third kappa shape index (κ3) is 5.08. The van der Waals surface area contributed by atoms with Crippen molar-refractivity contribution in [1.29, 1.82) is 0 Å². The third-order valence-electron chi connectivity index (χ3n) is 7.34. The van der Waals surface area contributed by atoms with Gasteiger partial charge >= 0.3 is 0 Å². The lowest BCUT2D eigenvalue weighted by Gasteiger charge is -2.36. The van der Waals surface area contributed by atoms with Crippen LogP contribution in [-0.2, 0) is 0 Å². The Bertz CT molecular complexity index is 1310. The van der Waals surface area contributed by atoms with Gasteiger partial charge in [-0.2, -0.15) is 0 Å². The molecule has 6 rings (SSSR count). The second kappa shape index (κ2) is 10.7. The number of nitrogens with zero attached hydrogens (tertiary/aromatic N) is 2. The maximum atomic E-state index is 6.17. The summed E-state index contributed by atoms with van der Waals surface area (Å²) in [6.07, 6.45) is 5.37. The summed E-state index contributed by atoms with van der Waals surface area (Å²) in [5.41, 5.74) is 4.71. The molecule has 1 fully saturated rings. The molecule has 2 aliphatic heterocycles. The Kier molecular flexibility index (Phi) is 7.07. The largest absolute Gasteiger partial charge is 0.457 e. The highest BCUT2D eigenvalue weighted by atomic mass is 127. The molecule has 0 spiro atoms. The number of fused-ring (bicyclic) bond motifs is 3. The molecule has 0 bridgehead atoms. The molecule has 36 heavy (non-hydrogen) atoms. The van der Waals surface area contributed by atoms with E-state index in [-0.39, 0.29) is 6.04 Å². The Morgan fingerprint density at radius 1 is 0.917 bits per heavy atom. The number of hydrogen-bond acceptors (Lipinski definition) is 5. The molecule has 1 aromatic heterocycles. The van der Waals surface area contributed by atoms with E-state index in [9.17, 15) is 0 Å². The minimum atomic E-state index is 0.186. The summed E-state index contributed by atoms with van der Waals surface area (Å²) < 4.78 is 7.39. The fourth-order valence-corrected chi connectivity index (χ4v) is 5.92. The molecule has 0 amide bonds. The second-order valence-corrected chi connectivity index (χ2v) is 10.9.